The van der Waals surface area contributed by atoms with E-state index in [9.17, 15) is 14.7 Å². The van der Waals surface area contributed by atoms with Crippen molar-refractivity contribution in [2.45, 2.75) is 32.3 Å². The zero-order valence-electron chi connectivity index (χ0n) is 13.8. The number of ether oxygens (including phenoxy) is 1. The van der Waals surface area contributed by atoms with Crippen molar-refractivity contribution in [2.24, 2.45) is 0 Å². The lowest BCUT2D eigenvalue weighted by molar-refractivity contribution is 0.0701. The lowest BCUT2D eigenvalue weighted by atomic mass is 10.2. The molecule has 0 atom stereocenters. The Balaban J connectivity index is 2.17. The van der Waals surface area contributed by atoms with Crippen LogP contribution in [0.3, 0.4) is 0 Å². The average Bonchev–Trinajstić information content (AvgIpc) is 3.05. The molecule has 1 aromatic heterocycles. The molecule has 0 radical (unpaired) electrons. The maximum absolute atomic E-state index is 12.5. The largest absolute Gasteiger partial charge is 0.477 e. The maximum atomic E-state index is 12.5. The minimum Gasteiger partial charge on any atom is -0.477 e. The molecule has 8 heteroatoms. The Hall–Kier alpha value is -2.12. The molecule has 1 amide bonds. The SMILES string of the molecule is CCCCN(C(=O)OCc1ccccc1)c1nc(CCl)c(C(=O)O)s1. The van der Waals surface area contributed by atoms with Gasteiger partial charge in [-0.05, 0) is 12.0 Å². The summed E-state index contributed by atoms with van der Waals surface area (Å²) in [6.07, 6.45) is 1.07. The third kappa shape index (κ3) is 5.17. The van der Waals surface area contributed by atoms with Gasteiger partial charge in [-0.2, -0.15) is 0 Å². The molecule has 0 fully saturated rings. The predicted octanol–water partition coefficient (Wildman–Crippen LogP) is 4.52. The molecular formula is C17H19ClN2O4S. The average molecular weight is 383 g/mol. The highest BCUT2D eigenvalue weighted by Crippen LogP contribution is 2.28. The summed E-state index contributed by atoms with van der Waals surface area (Å²) in [5, 5.41) is 9.53. The fourth-order valence-corrected chi connectivity index (χ4v) is 3.30. The highest BCUT2D eigenvalue weighted by Gasteiger charge is 2.25. The van der Waals surface area contributed by atoms with Crippen molar-refractivity contribution < 1.29 is 19.4 Å². The number of halogens is 1. The second-order valence-electron chi connectivity index (χ2n) is 5.26. The van der Waals surface area contributed by atoms with Crippen molar-refractivity contribution >= 4 is 40.1 Å². The van der Waals surface area contributed by atoms with Gasteiger partial charge < -0.3 is 9.84 Å². The molecule has 0 bridgehead atoms. The number of thiazole rings is 1. The van der Waals surface area contributed by atoms with Gasteiger partial charge >= 0.3 is 12.1 Å². The van der Waals surface area contributed by atoms with Crippen LogP contribution in [0.25, 0.3) is 0 Å². The molecular weight excluding hydrogens is 364 g/mol. The van der Waals surface area contributed by atoms with Crippen LogP contribution >= 0.6 is 22.9 Å². The maximum Gasteiger partial charge on any atom is 0.416 e. The van der Waals surface area contributed by atoms with E-state index in [2.05, 4.69) is 4.98 Å². The first kappa shape index (κ1) is 19.2. The molecule has 2 aromatic rings. The summed E-state index contributed by atoms with van der Waals surface area (Å²) in [6.45, 7) is 2.54. The molecule has 1 heterocycles. The fourth-order valence-electron chi connectivity index (χ4n) is 2.09. The summed E-state index contributed by atoms with van der Waals surface area (Å²) < 4.78 is 5.36. The van der Waals surface area contributed by atoms with Crippen molar-refractivity contribution in [1.82, 2.24) is 4.98 Å². The number of nitrogens with zero attached hydrogens (tertiary/aromatic N) is 2. The summed E-state index contributed by atoms with van der Waals surface area (Å²) in [5.74, 6) is -1.13. The molecule has 0 saturated carbocycles. The summed E-state index contributed by atoms with van der Waals surface area (Å²) >= 11 is 6.70. The molecule has 0 aliphatic rings. The van der Waals surface area contributed by atoms with E-state index in [0.717, 1.165) is 29.7 Å². The number of amides is 1. The van der Waals surface area contributed by atoms with Gasteiger partial charge in [-0.25, -0.2) is 14.6 Å². The van der Waals surface area contributed by atoms with Crippen molar-refractivity contribution in [3.05, 3.63) is 46.5 Å². The van der Waals surface area contributed by atoms with E-state index >= 15 is 0 Å². The second kappa shape index (κ2) is 9.39. The van der Waals surface area contributed by atoms with Gasteiger partial charge in [0.05, 0.1) is 11.6 Å². The molecule has 25 heavy (non-hydrogen) atoms. The van der Waals surface area contributed by atoms with Gasteiger partial charge in [0.2, 0.25) is 0 Å². The van der Waals surface area contributed by atoms with E-state index in [1.807, 2.05) is 37.3 Å². The standard InChI is InChI=1S/C17H19ClN2O4S/c1-2-3-9-20(16-19-13(10-18)14(25-16)15(21)22)17(23)24-11-12-7-5-4-6-8-12/h4-8H,2-3,9-11H2,1H3,(H,21,22). The van der Waals surface area contributed by atoms with Crippen LogP contribution in [0.4, 0.5) is 9.93 Å². The minimum absolute atomic E-state index is 0.0290. The van der Waals surface area contributed by atoms with E-state index in [4.69, 9.17) is 16.3 Å². The van der Waals surface area contributed by atoms with Gasteiger partial charge in [0.25, 0.3) is 0 Å². The number of carboxylic acid groups (broad SMARTS) is 1. The topological polar surface area (TPSA) is 79.7 Å². The van der Waals surface area contributed by atoms with Gasteiger partial charge in [0.15, 0.2) is 5.13 Å². The quantitative estimate of drug-likeness (QED) is 0.679. The van der Waals surface area contributed by atoms with Crippen LogP contribution in [0, 0.1) is 0 Å². The first-order valence-corrected chi connectivity index (χ1v) is 9.19. The van der Waals surface area contributed by atoms with Crippen molar-refractivity contribution in [3.8, 4) is 0 Å². The van der Waals surface area contributed by atoms with Crippen molar-refractivity contribution in [3.63, 3.8) is 0 Å². The molecule has 0 aliphatic carbocycles. The number of carbonyl (C=O) groups is 2. The fraction of sp³-hybridized carbons (Fsp3) is 0.353. The second-order valence-corrected chi connectivity index (χ2v) is 6.50. The zero-order valence-corrected chi connectivity index (χ0v) is 15.3. The molecule has 1 N–H and O–H groups in total. The monoisotopic (exact) mass is 382 g/mol. The number of aromatic carboxylic acids is 1. The zero-order chi connectivity index (χ0) is 18.2. The highest BCUT2D eigenvalue weighted by molar-refractivity contribution is 7.17. The van der Waals surface area contributed by atoms with Gasteiger partial charge in [-0.15, -0.1) is 11.6 Å². The lowest BCUT2D eigenvalue weighted by Crippen LogP contribution is -2.32. The third-order valence-electron chi connectivity index (χ3n) is 3.40. The Morgan fingerprint density at radius 1 is 1.32 bits per heavy atom. The Bertz CT molecular complexity index is 721. The first-order chi connectivity index (χ1) is 12.1. The van der Waals surface area contributed by atoms with Gasteiger partial charge in [0.1, 0.15) is 11.5 Å². The molecule has 6 nitrogen and oxygen atoms in total. The first-order valence-electron chi connectivity index (χ1n) is 7.84. The third-order valence-corrected chi connectivity index (χ3v) is 4.76. The van der Waals surface area contributed by atoms with E-state index < -0.39 is 12.1 Å². The van der Waals surface area contributed by atoms with E-state index in [0.29, 0.717) is 11.7 Å². The van der Waals surface area contributed by atoms with Gasteiger partial charge in [-0.3, -0.25) is 4.90 Å². The van der Waals surface area contributed by atoms with Crippen LogP contribution in [0.15, 0.2) is 30.3 Å². The van der Waals surface area contributed by atoms with Crippen LogP contribution in [-0.4, -0.2) is 28.7 Å². The Kier molecular flexibility index (Phi) is 7.21. The van der Waals surface area contributed by atoms with Crippen LogP contribution in [0.2, 0.25) is 0 Å². The van der Waals surface area contributed by atoms with Crippen LogP contribution in [0.1, 0.15) is 40.7 Å². The van der Waals surface area contributed by atoms with Crippen molar-refractivity contribution in [1.29, 1.82) is 0 Å². The van der Waals surface area contributed by atoms with Gasteiger partial charge in [-0.1, -0.05) is 55.0 Å². The smallest absolute Gasteiger partial charge is 0.416 e. The Morgan fingerprint density at radius 2 is 2.04 bits per heavy atom. The molecule has 0 saturated heterocycles. The van der Waals surface area contributed by atoms with E-state index in [1.54, 1.807) is 0 Å². The number of hydrogen-bond acceptors (Lipinski definition) is 5. The predicted molar refractivity (Wildman–Crippen MR) is 97.5 cm³/mol. The molecule has 0 spiro atoms. The molecule has 0 unspecified atom stereocenters. The molecule has 2 rings (SSSR count). The molecule has 0 aliphatic heterocycles. The summed E-state index contributed by atoms with van der Waals surface area (Å²) in [6, 6.07) is 9.34. The van der Waals surface area contributed by atoms with Gasteiger partial charge in [0, 0.05) is 6.54 Å². The number of carbonyl (C=O) groups excluding carboxylic acids is 1. The van der Waals surface area contributed by atoms with E-state index in [-0.39, 0.29) is 23.1 Å². The Morgan fingerprint density at radius 3 is 2.60 bits per heavy atom. The number of alkyl halides is 1. The summed E-state index contributed by atoms with van der Waals surface area (Å²) in [5.41, 5.74) is 1.13. The number of carboxylic acids is 1. The number of unbranched alkanes of at least 4 members (excludes halogenated alkanes) is 1. The number of anilines is 1. The van der Waals surface area contributed by atoms with Crippen molar-refractivity contribution in [2.75, 3.05) is 11.4 Å². The lowest BCUT2D eigenvalue weighted by Gasteiger charge is -2.19. The number of benzene rings is 1. The minimum atomic E-state index is -1.10. The van der Waals surface area contributed by atoms with Crippen LogP contribution < -0.4 is 4.90 Å². The molecule has 134 valence electrons. The summed E-state index contributed by atoms with van der Waals surface area (Å²) in [4.78, 5) is 29.4. The highest BCUT2D eigenvalue weighted by atomic mass is 35.5. The van der Waals surface area contributed by atoms with Crippen LogP contribution in [0.5, 0.6) is 0 Å². The number of aromatic nitrogens is 1. The number of rotatable bonds is 8. The molecule has 1 aromatic carbocycles. The summed E-state index contributed by atoms with van der Waals surface area (Å²) in [7, 11) is 0. The van der Waals surface area contributed by atoms with E-state index in [1.165, 1.54) is 4.90 Å². The Labute approximate surface area is 155 Å². The van der Waals surface area contributed by atoms with Crippen LogP contribution in [-0.2, 0) is 17.2 Å². The normalized spacial score (nSPS) is 10.5. The number of hydrogen-bond donors (Lipinski definition) is 1.